The Morgan fingerprint density at radius 3 is 2.62 bits per heavy atom. The van der Waals surface area contributed by atoms with E-state index in [0.29, 0.717) is 23.3 Å². The van der Waals surface area contributed by atoms with Gasteiger partial charge in [-0.05, 0) is 84.0 Å². The van der Waals surface area contributed by atoms with Crippen LogP contribution < -0.4 is 10.6 Å². The largest absolute Gasteiger partial charge is 0.459 e. The predicted molar refractivity (Wildman–Crippen MR) is 108 cm³/mol. The maximum atomic E-state index is 14.2. The van der Waals surface area contributed by atoms with E-state index in [1.807, 2.05) is 0 Å². The van der Waals surface area contributed by atoms with Crippen molar-refractivity contribution in [3.8, 4) is 0 Å². The number of carbonyl (C=O) groups excluding carboxylic acids is 2. The summed E-state index contributed by atoms with van der Waals surface area (Å²) in [5.74, 6) is -1.01. The molecule has 1 aromatic rings. The van der Waals surface area contributed by atoms with Gasteiger partial charge in [0.2, 0.25) is 5.91 Å². The molecule has 1 aromatic heterocycles. The summed E-state index contributed by atoms with van der Waals surface area (Å²) < 4.78 is 20.5. The molecule has 1 aliphatic heterocycles. The van der Waals surface area contributed by atoms with Crippen molar-refractivity contribution < 1.29 is 18.7 Å². The third-order valence-corrected chi connectivity index (χ3v) is 8.00. The Hall–Kier alpha value is -1.54. The number of rotatable bonds is 4. The number of aromatic nitrogens is 1. The lowest BCUT2D eigenvalue weighted by Crippen LogP contribution is -2.46. The molecule has 2 bridgehead atoms. The molecule has 3 saturated carbocycles. The summed E-state index contributed by atoms with van der Waals surface area (Å²) in [4.78, 5) is 30.6. The maximum absolute atomic E-state index is 14.2. The first-order valence-corrected chi connectivity index (χ1v) is 11.3. The summed E-state index contributed by atoms with van der Waals surface area (Å²) in [6.07, 6.45) is 4.26. The second-order valence-corrected chi connectivity index (χ2v) is 9.73. The molecule has 1 spiro atoms. The Balaban J connectivity index is 1.36. The minimum atomic E-state index is -1.19. The van der Waals surface area contributed by atoms with Gasteiger partial charge < -0.3 is 15.4 Å². The molecule has 4 aliphatic rings. The molecule has 156 valence electrons. The van der Waals surface area contributed by atoms with Crippen molar-refractivity contribution in [3.05, 3.63) is 22.9 Å². The lowest BCUT2D eigenvalue weighted by molar-refractivity contribution is -0.164. The molecule has 29 heavy (non-hydrogen) atoms. The van der Waals surface area contributed by atoms with E-state index in [0.717, 1.165) is 25.7 Å². The van der Waals surface area contributed by atoms with Crippen LogP contribution in [0.1, 0.15) is 32.1 Å². The molecule has 0 radical (unpaired) electrons. The molecule has 3 aliphatic carbocycles. The van der Waals surface area contributed by atoms with Crippen molar-refractivity contribution in [2.24, 2.45) is 29.1 Å². The second-order valence-electron chi connectivity index (χ2n) is 8.92. The Kier molecular flexibility index (Phi) is 4.89. The van der Waals surface area contributed by atoms with Crippen molar-refractivity contribution in [1.82, 2.24) is 10.3 Å². The number of hydrogen-bond acceptors (Lipinski definition) is 5. The maximum Gasteiger partial charge on any atom is 0.310 e. The number of nitrogens with zero attached hydrogens (tertiary/aromatic N) is 1. The van der Waals surface area contributed by atoms with Crippen LogP contribution in [0.25, 0.3) is 0 Å². The van der Waals surface area contributed by atoms with Crippen LogP contribution in [0.2, 0.25) is 0 Å². The van der Waals surface area contributed by atoms with E-state index in [9.17, 15) is 14.0 Å². The third-order valence-electron chi connectivity index (χ3n) is 7.53. The van der Waals surface area contributed by atoms with Crippen molar-refractivity contribution in [2.45, 2.75) is 44.4 Å². The first-order valence-electron chi connectivity index (χ1n) is 10.5. The van der Waals surface area contributed by atoms with E-state index in [-0.39, 0.29) is 35.7 Å². The van der Waals surface area contributed by atoms with Crippen LogP contribution in [0.4, 0.5) is 10.1 Å². The fraction of sp³-hybridized carbons (Fsp3) is 0.667. The molecule has 2 N–H and O–H groups in total. The van der Waals surface area contributed by atoms with Gasteiger partial charge in [0.25, 0.3) is 0 Å². The number of carbonyl (C=O) groups is 2. The summed E-state index contributed by atoms with van der Waals surface area (Å²) in [7, 11) is 0. The number of halogens is 2. The van der Waals surface area contributed by atoms with Gasteiger partial charge in [-0.2, -0.15) is 0 Å². The standard InChI is InChI=1S/C21H25BrFN3O3/c22-16-4-1-11(9-25-16)26-19(27)17-12-2-3-13(21(12)6-7-21)18(17)20(28)29-15-5-8-24-10-14(15)23/h1,4,9,12-15,17-18,24H,2-3,5-8,10H2,(H,26,27)/t12-,13+,14?,15?,17+,18+/m0/s1. The van der Waals surface area contributed by atoms with E-state index in [1.54, 1.807) is 18.3 Å². The van der Waals surface area contributed by atoms with E-state index in [4.69, 9.17) is 4.74 Å². The number of amides is 1. The van der Waals surface area contributed by atoms with Gasteiger partial charge in [-0.25, -0.2) is 9.37 Å². The lowest BCUT2D eigenvalue weighted by Gasteiger charge is -2.32. The highest BCUT2D eigenvalue weighted by Crippen LogP contribution is 2.74. The van der Waals surface area contributed by atoms with Gasteiger partial charge in [-0.3, -0.25) is 9.59 Å². The van der Waals surface area contributed by atoms with Gasteiger partial charge in [0.15, 0.2) is 0 Å². The van der Waals surface area contributed by atoms with Gasteiger partial charge in [0, 0.05) is 6.54 Å². The smallest absolute Gasteiger partial charge is 0.310 e. The number of esters is 1. The SMILES string of the molecule is O=C(OC1CCNCC1F)[C@H]1[C@H](C(=O)Nc2ccc(Br)nc2)[C@@H]2CC[C@H]1C21CC1. The molecule has 0 aromatic carbocycles. The molecule has 6 nitrogen and oxygen atoms in total. The molecule has 1 amide bonds. The van der Waals surface area contributed by atoms with E-state index < -0.39 is 24.1 Å². The Bertz CT molecular complexity index is 816. The number of hydrogen-bond donors (Lipinski definition) is 2. The van der Waals surface area contributed by atoms with Crippen LogP contribution in [-0.4, -0.2) is 42.2 Å². The van der Waals surface area contributed by atoms with E-state index in [1.165, 1.54) is 0 Å². The number of ether oxygens (including phenoxy) is 1. The zero-order valence-electron chi connectivity index (χ0n) is 16.1. The van der Waals surface area contributed by atoms with Crippen LogP contribution >= 0.6 is 15.9 Å². The van der Waals surface area contributed by atoms with Crippen molar-refractivity contribution in [1.29, 1.82) is 0 Å². The monoisotopic (exact) mass is 465 g/mol. The normalized spacial score (nSPS) is 36.8. The van der Waals surface area contributed by atoms with Gasteiger partial charge >= 0.3 is 5.97 Å². The first-order chi connectivity index (χ1) is 14.0. The van der Waals surface area contributed by atoms with Crippen molar-refractivity contribution in [2.75, 3.05) is 18.4 Å². The van der Waals surface area contributed by atoms with Gasteiger partial charge in [0.05, 0.1) is 23.7 Å². The summed E-state index contributed by atoms with van der Waals surface area (Å²) >= 11 is 3.29. The predicted octanol–water partition coefficient (Wildman–Crippen LogP) is 3.08. The molecular formula is C21H25BrFN3O3. The summed E-state index contributed by atoms with van der Waals surface area (Å²) in [5.41, 5.74) is 0.729. The van der Waals surface area contributed by atoms with E-state index >= 15 is 0 Å². The highest BCUT2D eigenvalue weighted by molar-refractivity contribution is 9.10. The van der Waals surface area contributed by atoms with Crippen LogP contribution in [0, 0.1) is 29.1 Å². The summed E-state index contributed by atoms with van der Waals surface area (Å²) in [6, 6.07) is 3.55. The zero-order chi connectivity index (χ0) is 20.2. The molecule has 2 unspecified atom stereocenters. The van der Waals surface area contributed by atoms with Crippen molar-refractivity contribution >= 4 is 33.5 Å². The van der Waals surface area contributed by atoms with Gasteiger partial charge in [-0.1, -0.05) is 0 Å². The quantitative estimate of drug-likeness (QED) is 0.527. The summed E-state index contributed by atoms with van der Waals surface area (Å²) in [6.45, 7) is 0.846. The lowest BCUT2D eigenvalue weighted by atomic mass is 9.78. The number of alkyl halides is 1. The number of piperidine rings is 1. The highest BCUT2D eigenvalue weighted by atomic mass is 79.9. The number of anilines is 1. The zero-order valence-corrected chi connectivity index (χ0v) is 17.7. The third kappa shape index (κ3) is 3.28. The summed E-state index contributed by atoms with van der Waals surface area (Å²) in [5, 5.41) is 5.92. The molecule has 1 saturated heterocycles. The molecule has 6 atom stereocenters. The van der Waals surface area contributed by atoms with Gasteiger partial charge in [0.1, 0.15) is 16.9 Å². The molecule has 2 heterocycles. The fourth-order valence-electron chi connectivity index (χ4n) is 6.16. The molecule has 4 fully saturated rings. The Labute approximate surface area is 177 Å². The molecule has 5 rings (SSSR count). The molecular weight excluding hydrogens is 441 g/mol. The minimum absolute atomic E-state index is 0.118. The van der Waals surface area contributed by atoms with Crippen molar-refractivity contribution in [3.63, 3.8) is 0 Å². The second kappa shape index (κ2) is 7.30. The van der Waals surface area contributed by atoms with Crippen LogP contribution in [0.15, 0.2) is 22.9 Å². The Morgan fingerprint density at radius 1 is 1.21 bits per heavy atom. The minimum Gasteiger partial charge on any atom is -0.459 e. The topological polar surface area (TPSA) is 80.3 Å². The average molecular weight is 466 g/mol. The number of pyridine rings is 1. The fourth-order valence-corrected chi connectivity index (χ4v) is 6.39. The van der Waals surface area contributed by atoms with Crippen LogP contribution in [0.3, 0.4) is 0 Å². The highest BCUT2D eigenvalue weighted by Gasteiger charge is 2.72. The number of nitrogens with one attached hydrogen (secondary N) is 2. The van der Waals surface area contributed by atoms with E-state index in [2.05, 4.69) is 31.5 Å². The van der Waals surface area contributed by atoms with Crippen LogP contribution in [0.5, 0.6) is 0 Å². The first kappa shape index (κ1) is 19.4. The van der Waals surface area contributed by atoms with Crippen LogP contribution in [-0.2, 0) is 14.3 Å². The molecule has 8 heteroatoms. The Morgan fingerprint density at radius 2 is 1.97 bits per heavy atom. The van der Waals surface area contributed by atoms with Gasteiger partial charge in [-0.15, -0.1) is 0 Å². The average Bonchev–Trinajstić information content (AvgIpc) is 3.38.